The highest BCUT2D eigenvalue weighted by atomic mass is 32.3. The molecule has 0 aromatic heterocycles. The second kappa shape index (κ2) is 3.81. The first-order valence-electron chi connectivity index (χ1n) is 4.36. The van der Waals surface area contributed by atoms with Crippen LogP contribution in [0.3, 0.4) is 0 Å². The van der Waals surface area contributed by atoms with Gasteiger partial charge in [0.1, 0.15) is 5.25 Å². The lowest BCUT2D eigenvalue weighted by atomic mass is 10.4. The molecule has 16 heavy (non-hydrogen) atoms. The van der Waals surface area contributed by atoms with Crippen molar-refractivity contribution in [3.63, 3.8) is 0 Å². The average molecular weight is 266 g/mol. The van der Waals surface area contributed by atoms with E-state index in [0.29, 0.717) is 0 Å². The van der Waals surface area contributed by atoms with Gasteiger partial charge in [-0.15, -0.1) is 3.89 Å². The van der Waals surface area contributed by atoms with E-state index in [1.165, 1.54) is 0 Å². The zero-order valence-corrected chi connectivity index (χ0v) is 9.55. The van der Waals surface area contributed by atoms with Crippen molar-refractivity contribution in [1.29, 1.82) is 0 Å². The lowest BCUT2D eigenvalue weighted by Gasteiger charge is -2.13. The molecule has 9 heteroatoms. The normalized spacial score (nSPS) is 26.4. The van der Waals surface area contributed by atoms with E-state index in [9.17, 15) is 21.9 Å². The summed E-state index contributed by atoms with van der Waals surface area (Å²) in [6, 6.07) is 0. The summed E-state index contributed by atoms with van der Waals surface area (Å²) in [7, 11) is -4.72. The van der Waals surface area contributed by atoms with E-state index in [1.807, 2.05) is 0 Å². The fourth-order valence-corrected chi connectivity index (χ4v) is 2.97. The zero-order valence-electron chi connectivity index (χ0n) is 7.92. The highest BCUT2D eigenvalue weighted by Gasteiger charge is 2.41. The smallest absolute Gasteiger partial charge is 0.290 e. The lowest BCUT2D eigenvalue weighted by molar-refractivity contribution is -0.124. The van der Waals surface area contributed by atoms with Crippen molar-refractivity contribution in [3.05, 3.63) is 0 Å². The van der Waals surface area contributed by atoms with Crippen LogP contribution >= 0.6 is 11.8 Å². The zero-order chi connectivity index (χ0) is 11.9. The average Bonchev–Trinajstić information content (AvgIpc) is 2.70. The summed E-state index contributed by atoms with van der Waals surface area (Å²) in [5, 5.41) is -1.18. The summed E-state index contributed by atoms with van der Waals surface area (Å²) in [4.78, 5) is 26.9. The summed E-state index contributed by atoms with van der Waals surface area (Å²) in [5.41, 5.74) is 0. The van der Waals surface area contributed by atoms with Crippen LogP contribution < -0.4 is 0 Å². The second-order valence-corrected chi connectivity index (χ2v) is 5.94. The molecule has 1 atom stereocenters. The number of carbonyl (C=O) groups is 2. The molecule has 0 aliphatic carbocycles. The number of nitrogens with zero attached hydrogens (tertiary/aromatic N) is 2. The number of halogens is 1. The van der Waals surface area contributed by atoms with Crippen molar-refractivity contribution in [3.8, 4) is 0 Å². The first-order chi connectivity index (χ1) is 7.38. The number of likely N-dealkylation sites (tertiary alicyclic amines) is 1. The molecule has 0 radical (unpaired) electrons. The van der Waals surface area contributed by atoms with E-state index in [0.717, 1.165) is 16.7 Å². The summed E-state index contributed by atoms with van der Waals surface area (Å²) < 4.78 is 34.0. The molecule has 0 aromatic carbocycles. The molecule has 1 unspecified atom stereocenters. The van der Waals surface area contributed by atoms with Crippen LogP contribution in [0.1, 0.15) is 6.42 Å². The van der Waals surface area contributed by atoms with Gasteiger partial charge in [-0.3, -0.25) is 14.5 Å². The molecule has 88 valence electrons. The number of hydrogen-bond acceptors (Lipinski definition) is 5. The molecule has 0 N–H and O–H groups in total. The van der Waals surface area contributed by atoms with Gasteiger partial charge < -0.3 is 0 Å². The van der Waals surface area contributed by atoms with Crippen molar-refractivity contribution >= 4 is 39.0 Å². The highest BCUT2D eigenvalue weighted by Crippen LogP contribution is 2.25. The minimum atomic E-state index is -4.72. The molecule has 2 aliphatic heterocycles. The molecule has 6 nitrogen and oxygen atoms in total. The SMILES string of the molecule is O=C1CSC(N2CC(S(=O)(=O)F)CC2=O)=N1. The van der Waals surface area contributed by atoms with Gasteiger partial charge in [-0.2, -0.15) is 13.4 Å². The first-order valence-corrected chi connectivity index (χ1v) is 6.79. The Bertz CT molecular complexity index is 487. The van der Waals surface area contributed by atoms with Gasteiger partial charge >= 0.3 is 10.2 Å². The molecule has 2 aliphatic rings. The molecule has 0 saturated carbocycles. The van der Waals surface area contributed by atoms with Gasteiger partial charge in [-0.05, 0) is 0 Å². The minimum absolute atomic E-state index is 0.131. The topological polar surface area (TPSA) is 83.9 Å². The maximum atomic E-state index is 12.7. The fourth-order valence-electron chi connectivity index (χ4n) is 1.48. The van der Waals surface area contributed by atoms with Crippen LogP contribution in [-0.4, -0.2) is 47.8 Å². The van der Waals surface area contributed by atoms with Crippen molar-refractivity contribution in [2.24, 2.45) is 4.99 Å². The predicted octanol–water partition coefficient (Wildman–Crippen LogP) is -0.484. The summed E-state index contributed by atoms with van der Waals surface area (Å²) in [6.07, 6.45) is -0.396. The third-order valence-corrected chi connectivity index (χ3v) is 4.34. The molecule has 1 saturated heterocycles. The van der Waals surface area contributed by atoms with E-state index in [1.54, 1.807) is 0 Å². The van der Waals surface area contributed by atoms with Gasteiger partial charge in [-0.25, -0.2) is 0 Å². The molecule has 0 spiro atoms. The third-order valence-electron chi connectivity index (χ3n) is 2.26. The Morgan fingerprint density at radius 2 is 2.12 bits per heavy atom. The van der Waals surface area contributed by atoms with Gasteiger partial charge in [0, 0.05) is 13.0 Å². The summed E-state index contributed by atoms with van der Waals surface area (Å²) >= 11 is 1.05. The minimum Gasteiger partial charge on any atom is -0.290 e. The highest BCUT2D eigenvalue weighted by molar-refractivity contribution is 8.14. The van der Waals surface area contributed by atoms with Gasteiger partial charge in [0.15, 0.2) is 5.17 Å². The summed E-state index contributed by atoms with van der Waals surface area (Å²) in [6.45, 7) is -0.267. The van der Waals surface area contributed by atoms with Crippen LogP contribution in [0.2, 0.25) is 0 Å². The van der Waals surface area contributed by atoms with E-state index in [4.69, 9.17) is 0 Å². The fraction of sp³-hybridized carbons (Fsp3) is 0.571. The van der Waals surface area contributed by atoms with Crippen molar-refractivity contribution in [1.82, 2.24) is 4.90 Å². The van der Waals surface area contributed by atoms with Crippen LogP contribution in [0.25, 0.3) is 0 Å². The largest absolute Gasteiger partial charge is 0.307 e. The van der Waals surface area contributed by atoms with Crippen molar-refractivity contribution < 1.29 is 21.9 Å². The van der Waals surface area contributed by atoms with Crippen LogP contribution in [-0.2, 0) is 19.8 Å². The quantitative estimate of drug-likeness (QED) is 0.598. The van der Waals surface area contributed by atoms with E-state index in [-0.39, 0.29) is 23.4 Å². The van der Waals surface area contributed by atoms with Crippen molar-refractivity contribution in [2.45, 2.75) is 11.7 Å². The summed E-state index contributed by atoms with van der Waals surface area (Å²) in [5.74, 6) is -0.766. The molecule has 0 aromatic rings. The Labute approximate surface area is 95.1 Å². The van der Waals surface area contributed by atoms with E-state index >= 15 is 0 Å². The van der Waals surface area contributed by atoms with Gasteiger partial charge in [0.05, 0.1) is 5.75 Å². The Morgan fingerprint density at radius 1 is 1.44 bits per heavy atom. The Morgan fingerprint density at radius 3 is 2.56 bits per heavy atom. The van der Waals surface area contributed by atoms with Crippen molar-refractivity contribution in [2.75, 3.05) is 12.3 Å². The second-order valence-electron chi connectivity index (χ2n) is 3.38. The Balaban J connectivity index is 2.18. The van der Waals surface area contributed by atoms with Gasteiger partial charge in [-0.1, -0.05) is 11.8 Å². The predicted molar refractivity (Wildman–Crippen MR) is 55.0 cm³/mol. The van der Waals surface area contributed by atoms with E-state index < -0.39 is 27.8 Å². The Hall–Kier alpha value is -0.960. The Kier molecular flexibility index (Phi) is 2.74. The maximum Gasteiger partial charge on any atom is 0.307 e. The molecule has 2 amide bonds. The van der Waals surface area contributed by atoms with Crippen LogP contribution in [0.15, 0.2) is 4.99 Å². The van der Waals surface area contributed by atoms with Gasteiger partial charge in [0.25, 0.3) is 5.91 Å². The first kappa shape index (κ1) is 11.5. The van der Waals surface area contributed by atoms with Gasteiger partial charge in [0.2, 0.25) is 5.91 Å². The molecule has 2 rings (SSSR count). The van der Waals surface area contributed by atoms with Crippen LogP contribution in [0, 0.1) is 0 Å². The molecular weight excluding hydrogens is 259 g/mol. The maximum absolute atomic E-state index is 12.7. The van der Waals surface area contributed by atoms with E-state index in [2.05, 4.69) is 4.99 Å². The number of aliphatic imine (C=N–C) groups is 1. The monoisotopic (exact) mass is 266 g/mol. The standard InChI is InChI=1S/C7H7FN2O4S2/c8-16(13,14)4-1-6(12)10(2-4)7-9-5(11)3-15-7/h4H,1-3H2. The lowest BCUT2D eigenvalue weighted by Crippen LogP contribution is -2.30. The molecular formula is C7H7FN2O4S2. The molecule has 1 fully saturated rings. The number of rotatable bonds is 1. The number of hydrogen-bond donors (Lipinski definition) is 0. The molecule has 2 heterocycles. The third kappa shape index (κ3) is 2.09. The number of amides is 2. The van der Waals surface area contributed by atoms with Crippen LogP contribution in [0.4, 0.5) is 3.89 Å². The van der Waals surface area contributed by atoms with Crippen LogP contribution in [0.5, 0.6) is 0 Å². The number of thioether (sulfide) groups is 1. The number of carbonyl (C=O) groups excluding carboxylic acids is 2. The number of amidine groups is 1. The molecule has 0 bridgehead atoms.